The van der Waals surface area contributed by atoms with Crippen LogP contribution in [-0.2, 0) is 39.9 Å². The third kappa shape index (κ3) is 2.98. The van der Waals surface area contributed by atoms with Crippen LogP contribution in [0.2, 0.25) is 0 Å². The average Bonchev–Trinajstić information content (AvgIpc) is 2.92. The first-order chi connectivity index (χ1) is 11.2. The van der Waals surface area contributed by atoms with Crippen molar-refractivity contribution in [2.75, 3.05) is 13.2 Å². The molecule has 11 heteroatoms. The lowest BCUT2D eigenvalue weighted by Gasteiger charge is -2.35. The van der Waals surface area contributed by atoms with Gasteiger partial charge in [-0.15, -0.1) is 0 Å². The minimum absolute atomic E-state index is 0. The van der Waals surface area contributed by atoms with Gasteiger partial charge in [-0.25, -0.2) is 8.98 Å². The summed E-state index contributed by atoms with van der Waals surface area (Å²) in [4.78, 5) is 12.8. The van der Waals surface area contributed by atoms with Crippen molar-refractivity contribution < 1.29 is 34.7 Å². The number of rotatable bonds is 0. The summed E-state index contributed by atoms with van der Waals surface area (Å²) in [5, 5.41) is 0. The molecule has 0 radical (unpaired) electrons. The molecule has 3 aliphatic heterocycles. The zero-order valence-electron chi connectivity index (χ0n) is 12.3. The predicted molar refractivity (Wildman–Crippen MR) is 90.2 cm³/mol. The maximum Gasteiger partial charge on any atom is 0.412 e. The first-order valence-corrected chi connectivity index (χ1v) is 9.98. The molecule has 1 saturated heterocycles. The number of nitrogens with zero attached hydrogens (tertiary/aromatic N) is 1. The molecule has 0 N–H and O–H groups in total. The fourth-order valence-corrected chi connectivity index (χ4v) is 5.60. The third-order valence-electron chi connectivity index (χ3n) is 4.31. The van der Waals surface area contributed by atoms with Crippen molar-refractivity contribution in [1.29, 1.82) is 0 Å². The molecule has 1 spiro atoms. The van der Waals surface area contributed by atoms with Crippen LogP contribution in [0.4, 0.5) is 4.79 Å². The van der Waals surface area contributed by atoms with E-state index in [9.17, 15) is 21.6 Å². The SMILES string of the molecule is C.C.O=C1OCc2ccc3cc2S(=O)(=O)OC[C@]2(CCCN12)OS3(=O)=O. The first-order valence-electron chi connectivity index (χ1n) is 7.16. The predicted octanol–water partition coefficient (Wildman–Crippen LogP) is 1.83. The summed E-state index contributed by atoms with van der Waals surface area (Å²) in [7, 11) is -8.53. The number of amides is 1. The van der Waals surface area contributed by atoms with E-state index in [0.29, 0.717) is 6.42 Å². The summed E-state index contributed by atoms with van der Waals surface area (Å²) in [5.41, 5.74) is -1.61. The Kier molecular flexibility index (Phi) is 5.14. The molecule has 1 aromatic carbocycles. The van der Waals surface area contributed by atoms with Gasteiger partial charge in [0.1, 0.15) is 18.1 Å². The van der Waals surface area contributed by atoms with E-state index in [1.807, 2.05) is 0 Å². The summed E-state index contributed by atoms with van der Waals surface area (Å²) in [6.45, 7) is -0.763. The Balaban J connectivity index is 0.00000121. The fourth-order valence-electron chi connectivity index (χ4n) is 3.12. The molecule has 3 aliphatic rings. The van der Waals surface area contributed by atoms with Gasteiger partial charge in [0, 0.05) is 18.5 Å². The smallest absolute Gasteiger partial charge is 0.412 e. The lowest BCUT2D eigenvalue weighted by molar-refractivity contribution is -0.0735. The molecule has 4 rings (SSSR count). The summed E-state index contributed by atoms with van der Waals surface area (Å²) in [6, 6.07) is 3.47. The summed E-state index contributed by atoms with van der Waals surface area (Å²) >= 11 is 0. The van der Waals surface area contributed by atoms with Crippen LogP contribution in [0, 0.1) is 0 Å². The molecule has 1 atom stereocenters. The van der Waals surface area contributed by atoms with Crippen molar-refractivity contribution in [2.45, 2.75) is 49.8 Å². The summed E-state index contributed by atoms with van der Waals surface area (Å²) in [6.07, 6.45) is -0.239. The standard InChI is InChI=1S/C13H13NO8S2.2CH4/c15-12-14-5-1-4-13(14)8-21-24(18,19)11-6-10(23(16,17)22-13)3-2-9(11)7-20-12;;/h2-3,6H,1,4-5,7-8H2;2*1H4/t13-;;/m0../s1. The lowest BCUT2D eigenvalue weighted by Crippen LogP contribution is -2.54. The van der Waals surface area contributed by atoms with Gasteiger partial charge in [-0.05, 0) is 18.6 Å². The van der Waals surface area contributed by atoms with Gasteiger partial charge in [-0.1, -0.05) is 20.9 Å². The minimum Gasteiger partial charge on any atom is -0.444 e. The maximum absolute atomic E-state index is 12.6. The van der Waals surface area contributed by atoms with Gasteiger partial charge in [0.2, 0.25) is 0 Å². The second-order valence-corrected chi connectivity index (χ2v) is 8.91. The fraction of sp³-hybridized carbons (Fsp3) is 0.533. The van der Waals surface area contributed by atoms with E-state index in [1.165, 1.54) is 12.1 Å². The highest BCUT2D eigenvalue weighted by atomic mass is 32.2. The van der Waals surface area contributed by atoms with Gasteiger partial charge in [0.05, 0.1) is 4.90 Å². The molecule has 146 valence electrons. The van der Waals surface area contributed by atoms with Gasteiger partial charge < -0.3 is 4.74 Å². The molecule has 0 saturated carbocycles. The van der Waals surface area contributed by atoms with Crippen LogP contribution in [0.3, 0.4) is 0 Å². The first kappa shape index (κ1) is 20.6. The van der Waals surface area contributed by atoms with Crippen LogP contribution < -0.4 is 0 Å². The Labute approximate surface area is 153 Å². The minimum atomic E-state index is -4.30. The van der Waals surface area contributed by atoms with Crippen LogP contribution >= 0.6 is 0 Å². The van der Waals surface area contributed by atoms with Gasteiger partial charge >= 0.3 is 6.09 Å². The largest absolute Gasteiger partial charge is 0.444 e. The van der Waals surface area contributed by atoms with E-state index in [2.05, 4.69) is 0 Å². The quantitative estimate of drug-likeness (QED) is 0.598. The normalized spacial score (nSPS) is 28.0. The van der Waals surface area contributed by atoms with E-state index in [4.69, 9.17) is 13.1 Å². The van der Waals surface area contributed by atoms with E-state index in [0.717, 1.165) is 11.0 Å². The number of fused-ring (bicyclic) bond motifs is 3. The molecule has 1 aromatic rings. The number of carbonyl (C=O) groups excluding carboxylic acids is 1. The second-order valence-electron chi connectivity index (χ2n) is 5.78. The molecular weight excluding hydrogens is 386 g/mol. The Bertz CT molecular complexity index is 940. The number of benzene rings is 1. The van der Waals surface area contributed by atoms with Gasteiger partial charge in [0.15, 0.2) is 5.72 Å². The average molecular weight is 407 g/mol. The maximum atomic E-state index is 12.6. The zero-order valence-corrected chi connectivity index (χ0v) is 13.9. The van der Waals surface area contributed by atoms with Crippen LogP contribution in [0.5, 0.6) is 0 Å². The van der Waals surface area contributed by atoms with Crippen molar-refractivity contribution in [3.8, 4) is 0 Å². The van der Waals surface area contributed by atoms with Crippen molar-refractivity contribution in [1.82, 2.24) is 4.90 Å². The molecule has 3 bridgehead atoms. The molecule has 1 fully saturated rings. The van der Waals surface area contributed by atoms with E-state index >= 15 is 0 Å². The lowest BCUT2D eigenvalue weighted by atomic mass is 10.2. The highest BCUT2D eigenvalue weighted by Crippen LogP contribution is 2.39. The number of carbonyl (C=O) groups is 1. The van der Waals surface area contributed by atoms with Crippen LogP contribution in [0.15, 0.2) is 28.0 Å². The molecule has 9 nitrogen and oxygen atoms in total. The Morgan fingerprint density at radius 3 is 2.54 bits per heavy atom. The second kappa shape index (κ2) is 6.48. The number of hydrogen-bond acceptors (Lipinski definition) is 8. The molecule has 0 aliphatic carbocycles. The number of hydrogen-bond donors (Lipinski definition) is 0. The van der Waals surface area contributed by atoms with Gasteiger partial charge in [-0.2, -0.15) is 16.8 Å². The summed E-state index contributed by atoms with van der Waals surface area (Å²) in [5.74, 6) is 0. The third-order valence-corrected chi connectivity index (χ3v) is 7.02. The van der Waals surface area contributed by atoms with Crippen molar-refractivity contribution in [3.05, 3.63) is 23.8 Å². The molecule has 3 heterocycles. The number of cyclic esters (lactones) is 1. The van der Waals surface area contributed by atoms with Crippen molar-refractivity contribution >= 4 is 26.3 Å². The monoisotopic (exact) mass is 407 g/mol. The van der Waals surface area contributed by atoms with Crippen LogP contribution in [0.25, 0.3) is 0 Å². The molecule has 26 heavy (non-hydrogen) atoms. The topological polar surface area (TPSA) is 116 Å². The van der Waals surface area contributed by atoms with Gasteiger partial charge in [0.25, 0.3) is 20.2 Å². The molecule has 0 aromatic heterocycles. The Morgan fingerprint density at radius 1 is 1.08 bits per heavy atom. The summed E-state index contributed by atoms with van der Waals surface area (Å²) < 4.78 is 65.7. The van der Waals surface area contributed by atoms with Crippen LogP contribution in [0.1, 0.15) is 33.3 Å². The van der Waals surface area contributed by atoms with E-state index < -0.39 is 38.7 Å². The van der Waals surface area contributed by atoms with E-state index in [1.54, 1.807) is 0 Å². The molecule has 0 unspecified atom stereocenters. The van der Waals surface area contributed by atoms with Crippen LogP contribution in [-0.4, -0.2) is 46.7 Å². The van der Waals surface area contributed by atoms with Crippen molar-refractivity contribution in [2.24, 2.45) is 0 Å². The Morgan fingerprint density at radius 2 is 1.81 bits per heavy atom. The molecular formula is C15H21NO8S2. The Hall–Kier alpha value is -1.69. The number of ether oxygens (including phenoxy) is 1. The van der Waals surface area contributed by atoms with Gasteiger partial charge in [-0.3, -0.25) is 9.08 Å². The van der Waals surface area contributed by atoms with Crippen molar-refractivity contribution in [3.63, 3.8) is 0 Å². The zero-order chi connectivity index (χ0) is 17.2. The van der Waals surface area contributed by atoms with E-state index in [-0.39, 0.29) is 49.8 Å². The highest BCUT2D eigenvalue weighted by molar-refractivity contribution is 7.87. The molecule has 1 amide bonds. The highest BCUT2D eigenvalue weighted by Gasteiger charge is 2.52.